The van der Waals surface area contributed by atoms with E-state index in [1.807, 2.05) is 0 Å². The Kier molecular flexibility index (Phi) is 3.58. The molecule has 1 saturated carbocycles. The van der Waals surface area contributed by atoms with Crippen LogP contribution in [0.1, 0.15) is 36.0 Å². The number of fused-ring (bicyclic) bond motifs is 1. The van der Waals surface area contributed by atoms with Crippen molar-refractivity contribution in [3.8, 4) is 11.5 Å². The molecule has 0 saturated heterocycles. The van der Waals surface area contributed by atoms with E-state index in [4.69, 9.17) is 9.47 Å². The Bertz CT molecular complexity index is 537. The predicted molar refractivity (Wildman–Crippen MR) is 72.2 cm³/mol. The van der Waals surface area contributed by atoms with E-state index in [1.54, 1.807) is 18.2 Å². The van der Waals surface area contributed by atoms with Crippen molar-refractivity contribution >= 4 is 11.7 Å². The summed E-state index contributed by atoms with van der Waals surface area (Å²) in [6, 6.07) is 5.49. The molecule has 1 aromatic rings. The Morgan fingerprint density at radius 3 is 2.60 bits per heavy atom. The zero-order valence-electron chi connectivity index (χ0n) is 11.2. The molecule has 3 rings (SSSR count). The second-order valence-electron chi connectivity index (χ2n) is 5.12. The molecule has 1 amide bonds. The van der Waals surface area contributed by atoms with Crippen molar-refractivity contribution in [2.75, 3.05) is 13.2 Å². The average molecular weight is 275 g/mol. The van der Waals surface area contributed by atoms with Gasteiger partial charge in [-0.05, 0) is 31.0 Å². The second kappa shape index (κ2) is 5.53. The number of carbonyl (C=O) groups is 2. The van der Waals surface area contributed by atoms with Gasteiger partial charge in [-0.2, -0.15) is 0 Å². The summed E-state index contributed by atoms with van der Waals surface area (Å²) in [6.07, 6.45) is 2.58. The molecule has 106 valence electrons. The molecule has 0 bridgehead atoms. The van der Waals surface area contributed by atoms with Crippen LogP contribution in [0.2, 0.25) is 0 Å². The van der Waals surface area contributed by atoms with Crippen LogP contribution in [0.25, 0.3) is 0 Å². The smallest absolute Gasteiger partial charge is 0.220 e. The lowest BCUT2D eigenvalue weighted by Gasteiger charge is -2.18. The summed E-state index contributed by atoms with van der Waals surface area (Å²) in [6.45, 7) is 1.02. The third-order valence-corrected chi connectivity index (χ3v) is 3.39. The Labute approximate surface area is 117 Å². The number of benzene rings is 1. The van der Waals surface area contributed by atoms with Crippen LogP contribution in [0.3, 0.4) is 0 Å². The molecule has 5 nitrogen and oxygen atoms in total. The van der Waals surface area contributed by atoms with Crippen LogP contribution in [0.4, 0.5) is 0 Å². The number of amides is 1. The number of nitrogens with one attached hydrogen (secondary N) is 1. The molecule has 1 N–H and O–H groups in total. The van der Waals surface area contributed by atoms with Gasteiger partial charge >= 0.3 is 0 Å². The maximum Gasteiger partial charge on any atom is 0.220 e. The molecule has 1 aliphatic heterocycles. The van der Waals surface area contributed by atoms with Crippen molar-refractivity contribution in [2.24, 2.45) is 0 Å². The highest BCUT2D eigenvalue weighted by molar-refractivity contribution is 5.98. The lowest BCUT2D eigenvalue weighted by atomic mass is 10.1. The summed E-state index contributed by atoms with van der Waals surface area (Å²) in [7, 11) is 0. The number of ketones is 1. The lowest BCUT2D eigenvalue weighted by Crippen LogP contribution is -2.25. The Balaban J connectivity index is 1.57. The minimum atomic E-state index is -0.0482. The van der Waals surface area contributed by atoms with E-state index in [0.29, 0.717) is 36.3 Å². The Morgan fingerprint density at radius 2 is 1.85 bits per heavy atom. The van der Waals surface area contributed by atoms with Gasteiger partial charge < -0.3 is 14.8 Å². The summed E-state index contributed by atoms with van der Waals surface area (Å²) < 4.78 is 10.9. The quantitative estimate of drug-likeness (QED) is 0.831. The van der Waals surface area contributed by atoms with E-state index in [1.165, 1.54) is 0 Å². The Morgan fingerprint density at radius 1 is 1.10 bits per heavy atom. The molecule has 0 radical (unpaired) electrons. The van der Waals surface area contributed by atoms with Gasteiger partial charge in [0, 0.05) is 24.4 Å². The van der Waals surface area contributed by atoms with E-state index in [0.717, 1.165) is 12.8 Å². The first kappa shape index (κ1) is 13.0. The summed E-state index contributed by atoms with van der Waals surface area (Å²) in [5.41, 5.74) is 0.563. The topological polar surface area (TPSA) is 64.6 Å². The third-order valence-electron chi connectivity index (χ3n) is 3.39. The summed E-state index contributed by atoms with van der Waals surface area (Å²) in [5, 5.41) is 2.87. The number of rotatable bonds is 5. The van der Waals surface area contributed by atoms with Gasteiger partial charge in [0.15, 0.2) is 17.3 Å². The summed E-state index contributed by atoms with van der Waals surface area (Å²) >= 11 is 0. The van der Waals surface area contributed by atoms with Crippen LogP contribution < -0.4 is 14.8 Å². The second-order valence-corrected chi connectivity index (χ2v) is 5.12. The van der Waals surface area contributed by atoms with Crippen molar-refractivity contribution in [3.63, 3.8) is 0 Å². The fourth-order valence-corrected chi connectivity index (χ4v) is 2.12. The number of hydrogen-bond acceptors (Lipinski definition) is 4. The van der Waals surface area contributed by atoms with Gasteiger partial charge in [-0.3, -0.25) is 9.59 Å². The zero-order chi connectivity index (χ0) is 13.9. The minimum Gasteiger partial charge on any atom is -0.486 e. The number of carbonyl (C=O) groups excluding carboxylic acids is 2. The van der Waals surface area contributed by atoms with E-state index in [9.17, 15) is 9.59 Å². The van der Waals surface area contributed by atoms with Crippen molar-refractivity contribution in [3.05, 3.63) is 23.8 Å². The minimum absolute atomic E-state index is 0.0432. The van der Waals surface area contributed by atoms with Gasteiger partial charge in [-0.15, -0.1) is 0 Å². The Hall–Kier alpha value is -2.04. The van der Waals surface area contributed by atoms with Gasteiger partial charge in [-0.25, -0.2) is 0 Å². The highest BCUT2D eigenvalue weighted by Gasteiger charge is 2.23. The van der Waals surface area contributed by atoms with Crippen LogP contribution in [0.5, 0.6) is 11.5 Å². The largest absolute Gasteiger partial charge is 0.486 e. The first-order valence-corrected chi connectivity index (χ1v) is 6.94. The predicted octanol–water partition coefficient (Wildman–Crippen LogP) is 1.70. The van der Waals surface area contributed by atoms with Crippen LogP contribution in [0.15, 0.2) is 18.2 Å². The molecule has 0 atom stereocenters. The zero-order valence-corrected chi connectivity index (χ0v) is 11.2. The molecule has 0 aromatic heterocycles. The highest BCUT2D eigenvalue weighted by atomic mass is 16.6. The maximum absolute atomic E-state index is 12.1. The van der Waals surface area contributed by atoms with Crippen molar-refractivity contribution < 1.29 is 19.1 Å². The number of hydrogen-bond donors (Lipinski definition) is 1. The number of Topliss-reactive ketones (excluding diaryl/α,β-unsaturated/α-hetero) is 1. The van der Waals surface area contributed by atoms with Gasteiger partial charge in [0.05, 0.1) is 0 Å². The molecule has 0 unspecified atom stereocenters. The van der Waals surface area contributed by atoms with Gasteiger partial charge in [0.2, 0.25) is 5.91 Å². The fraction of sp³-hybridized carbons (Fsp3) is 0.467. The molecule has 1 aromatic carbocycles. The fourth-order valence-electron chi connectivity index (χ4n) is 2.12. The van der Waals surface area contributed by atoms with Crippen molar-refractivity contribution in [2.45, 2.75) is 31.7 Å². The molecule has 0 spiro atoms. The van der Waals surface area contributed by atoms with Crippen molar-refractivity contribution in [1.29, 1.82) is 0 Å². The van der Waals surface area contributed by atoms with E-state index in [-0.39, 0.29) is 24.5 Å². The maximum atomic E-state index is 12.1. The van der Waals surface area contributed by atoms with Crippen LogP contribution in [-0.2, 0) is 4.79 Å². The molecular formula is C15H17NO4. The third kappa shape index (κ3) is 3.10. The van der Waals surface area contributed by atoms with E-state index < -0.39 is 0 Å². The monoisotopic (exact) mass is 275 g/mol. The van der Waals surface area contributed by atoms with Crippen LogP contribution in [-0.4, -0.2) is 30.9 Å². The average Bonchev–Trinajstić information content (AvgIpc) is 3.28. The molecule has 1 heterocycles. The number of ether oxygens (including phenoxy) is 2. The van der Waals surface area contributed by atoms with E-state index >= 15 is 0 Å². The van der Waals surface area contributed by atoms with Gasteiger partial charge in [0.1, 0.15) is 13.2 Å². The summed E-state index contributed by atoms with van der Waals surface area (Å²) in [5.74, 6) is 1.18. The molecule has 1 fully saturated rings. The van der Waals surface area contributed by atoms with Crippen molar-refractivity contribution in [1.82, 2.24) is 5.32 Å². The first-order chi connectivity index (χ1) is 9.72. The van der Waals surface area contributed by atoms with Gasteiger partial charge in [-0.1, -0.05) is 0 Å². The molecule has 5 heteroatoms. The van der Waals surface area contributed by atoms with Crippen LogP contribution in [0, 0.1) is 0 Å². The van der Waals surface area contributed by atoms with Crippen LogP contribution >= 0.6 is 0 Å². The highest BCUT2D eigenvalue weighted by Crippen LogP contribution is 2.31. The van der Waals surface area contributed by atoms with Gasteiger partial charge in [0.25, 0.3) is 0 Å². The first-order valence-electron chi connectivity index (χ1n) is 6.94. The molecule has 2 aliphatic rings. The molecule has 20 heavy (non-hydrogen) atoms. The molecule has 1 aliphatic carbocycles. The van der Waals surface area contributed by atoms with E-state index in [2.05, 4.69) is 5.32 Å². The summed E-state index contributed by atoms with van der Waals surface area (Å²) in [4.78, 5) is 23.6. The lowest BCUT2D eigenvalue weighted by molar-refractivity contribution is -0.121. The molecular weight excluding hydrogens is 258 g/mol. The standard InChI is InChI=1S/C15H17NO4/c17-12(4-6-15(18)16-11-2-3-11)10-1-5-13-14(9-10)20-8-7-19-13/h1,5,9,11H,2-4,6-8H2,(H,16,18). The normalized spacial score (nSPS) is 16.6. The SMILES string of the molecule is O=C(CCC(=O)c1ccc2c(c1)OCCO2)NC1CC1.